The molecule has 2 N–H and O–H groups in total. The minimum atomic E-state index is 0.536. The van der Waals surface area contributed by atoms with Crippen molar-refractivity contribution in [3.05, 3.63) is 0 Å². The third kappa shape index (κ3) is 7.35. The molecule has 1 fully saturated rings. The third-order valence-corrected chi connectivity index (χ3v) is 1.81. The number of hydrogen-bond donors (Lipinski definition) is 1. The van der Waals surface area contributed by atoms with Gasteiger partial charge in [0.15, 0.2) is 0 Å². The molecule has 0 aromatic carbocycles. The largest absolute Gasteiger partial charge is 0.328 e. The summed E-state index contributed by atoms with van der Waals surface area (Å²) in [5, 5.41) is 7.62. The molecule has 1 aliphatic carbocycles. The number of nitrogens with two attached hydrogens (primary N) is 1. The van der Waals surface area contributed by atoms with Crippen LogP contribution in [0, 0.1) is 11.3 Å². The molecule has 0 radical (unpaired) electrons. The second-order valence-electron chi connectivity index (χ2n) is 2.91. The summed E-state index contributed by atoms with van der Waals surface area (Å²) >= 11 is 0. The van der Waals surface area contributed by atoms with Crippen molar-refractivity contribution in [3.8, 4) is 6.07 Å². The van der Waals surface area contributed by atoms with Gasteiger partial charge in [0.05, 0.1) is 6.07 Å². The molecule has 0 aromatic heterocycles. The Balaban J connectivity index is 0.000000218. The van der Waals surface area contributed by atoms with E-state index in [2.05, 4.69) is 0 Å². The van der Waals surface area contributed by atoms with E-state index in [9.17, 15) is 0 Å². The van der Waals surface area contributed by atoms with Crippen molar-refractivity contribution >= 4 is 0 Å². The first-order valence-corrected chi connectivity index (χ1v) is 4.43. The molecule has 0 aliphatic heterocycles. The van der Waals surface area contributed by atoms with Crippen molar-refractivity contribution < 1.29 is 0 Å². The Kier molecular flexibility index (Phi) is 7.18. The maximum atomic E-state index is 7.62. The van der Waals surface area contributed by atoms with E-state index >= 15 is 0 Å². The zero-order valence-electron chi connectivity index (χ0n) is 7.34. The van der Waals surface area contributed by atoms with Gasteiger partial charge in [-0.2, -0.15) is 5.26 Å². The van der Waals surface area contributed by atoms with Crippen molar-refractivity contribution in [2.75, 3.05) is 0 Å². The van der Waals surface area contributed by atoms with Gasteiger partial charge in [-0.15, -0.1) is 0 Å². The molecule has 0 spiro atoms. The van der Waals surface area contributed by atoms with E-state index in [4.69, 9.17) is 11.0 Å². The summed E-state index contributed by atoms with van der Waals surface area (Å²) in [6.45, 7) is 1.82. The predicted octanol–water partition coefficient (Wildman–Crippen LogP) is 2.20. The molecule has 0 amide bonds. The molecule has 0 heterocycles. The third-order valence-electron chi connectivity index (χ3n) is 1.81. The van der Waals surface area contributed by atoms with Crippen LogP contribution in [-0.2, 0) is 0 Å². The van der Waals surface area contributed by atoms with Gasteiger partial charge in [0.2, 0.25) is 0 Å². The second kappa shape index (κ2) is 7.56. The van der Waals surface area contributed by atoms with Crippen molar-refractivity contribution in [1.82, 2.24) is 0 Å². The van der Waals surface area contributed by atoms with Crippen LogP contribution in [0.25, 0.3) is 0 Å². The highest BCUT2D eigenvalue weighted by molar-refractivity contribution is 4.66. The highest BCUT2D eigenvalue weighted by atomic mass is 14.6. The summed E-state index contributed by atoms with van der Waals surface area (Å²) < 4.78 is 0. The Bertz CT molecular complexity index is 109. The molecular weight excluding hydrogens is 136 g/mol. The number of nitrogens with zero attached hydrogens (tertiary/aromatic N) is 1. The Labute approximate surface area is 69.4 Å². The monoisotopic (exact) mass is 154 g/mol. The zero-order chi connectivity index (χ0) is 8.53. The quantitative estimate of drug-likeness (QED) is 0.581. The lowest BCUT2D eigenvalue weighted by Gasteiger charge is -2.15. The van der Waals surface area contributed by atoms with E-state index < -0.39 is 0 Å². The van der Waals surface area contributed by atoms with Crippen LogP contribution in [0.5, 0.6) is 0 Å². The molecule has 1 saturated carbocycles. The molecule has 0 atom stereocenters. The number of rotatable bonds is 0. The molecule has 11 heavy (non-hydrogen) atoms. The van der Waals surface area contributed by atoms with Gasteiger partial charge >= 0.3 is 0 Å². The molecule has 1 rings (SSSR count). The fraction of sp³-hybridized carbons (Fsp3) is 0.889. The standard InChI is InChI=1S/C6H13N.C3H5N/c7-6-4-2-1-3-5-6;1-2-3-4/h6H,1-5,7H2;2H2,1H3. The Morgan fingerprint density at radius 3 is 2.00 bits per heavy atom. The average molecular weight is 154 g/mol. The second-order valence-corrected chi connectivity index (χ2v) is 2.91. The minimum Gasteiger partial charge on any atom is -0.328 e. The van der Waals surface area contributed by atoms with Crippen LogP contribution in [0.4, 0.5) is 0 Å². The van der Waals surface area contributed by atoms with Gasteiger partial charge in [-0.05, 0) is 12.8 Å². The van der Waals surface area contributed by atoms with Gasteiger partial charge in [-0.25, -0.2) is 0 Å². The normalized spacial score (nSPS) is 17.9. The van der Waals surface area contributed by atoms with Crippen LogP contribution in [0.15, 0.2) is 0 Å². The lowest BCUT2D eigenvalue weighted by molar-refractivity contribution is 0.441. The van der Waals surface area contributed by atoms with Gasteiger partial charge in [0.1, 0.15) is 0 Å². The van der Waals surface area contributed by atoms with Crippen molar-refractivity contribution in [2.24, 2.45) is 5.73 Å². The van der Waals surface area contributed by atoms with E-state index in [0.29, 0.717) is 12.5 Å². The summed E-state index contributed by atoms with van der Waals surface area (Å²) in [6.07, 6.45) is 7.29. The van der Waals surface area contributed by atoms with Crippen molar-refractivity contribution in [3.63, 3.8) is 0 Å². The van der Waals surface area contributed by atoms with Gasteiger partial charge in [0, 0.05) is 12.5 Å². The molecule has 0 aromatic rings. The molecule has 2 heteroatoms. The number of nitriles is 1. The SMILES string of the molecule is CCC#N.NC1CCCCC1. The van der Waals surface area contributed by atoms with Gasteiger partial charge in [-0.3, -0.25) is 0 Å². The zero-order valence-corrected chi connectivity index (χ0v) is 7.34. The topological polar surface area (TPSA) is 49.8 Å². The molecule has 0 bridgehead atoms. The molecule has 2 nitrogen and oxygen atoms in total. The lowest BCUT2D eigenvalue weighted by atomic mass is 9.97. The first kappa shape index (κ1) is 10.4. The summed E-state index contributed by atoms with van der Waals surface area (Å²) in [5.41, 5.74) is 5.63. The maximum Gasteiger partial charge on any atom is 0.0618 e. The van der Waals surface area contributed by atoms with Gasteiger partial charge in [-0.1, -0.05) is 26.2 Å². The van der Waals surface area contributed by atoms with E-state index in [-0.39, 0.29) is 0 Å². The van der Waals surface area contributed by atoms with Crippen LogP contribution in [0.2, 0.25) is 0 Å². The fourth-order valence-corrected chi connectivity index (χ4v) is 1.13. The molecular formula is C9H18N2. The maximum absolute atomic E-state index is 7.62. The minimum absolute atomic E-state index is 0.536. The highest BCUT2D eigenvalue weighted by Crippen LogP contribution is 2.14. The van der Waals surface area contributed by atoms with E-state index in [0.717, 1.165) is 0 Å². The van der Waals surface area contributed by atoms with Crippen LogP contribution in [0.1, 0.15) is 45.4 Å². The Hall–Kier alpha value is -0.550. The number of hydrogen-bond acceptors (Lipinski definition) is 2. The smallest absolute Gasteiger partial charge is 0.0618 e. The first-order chi connectivity index (χ1) is 5.31. The first-order valence-electron chi connectivity index (χ1n) is 4.43. The average Bonchev–Trinajstić information content (AvgIpc) is 2.07. The van der Waals surface area contributed by atoms with Gasteiger partial charge in [0.25, 0.3) is 0 Å². The van der Waals surface area contributed by atoms with Crippen molar-refractivity contribution in [2.45, 2.75) is 51.5 Å². The van der Waals surface area contributed by atoms with E-state index in [1.807, 2.05) is 13.0 Å². The Morgan fingerprint density at radius 1 is 1.36 bits per heavy atom. The lowest BCUT2D eigenvalue weighted by Crippen LogP contribution is -2.22. The summed E-state index contributed by atoms with van der Waals surface area (Å²) in [4.78, 5) is 0. The summed E-state index contributed by atoms with van der Waals surface area (Å²) in [7, 11) is 0. The summed E-state index contributed by atoms with van der Waals surface area (Å²) in [5.74, 6) is 0. The van der Waals surface area contributed by atoms with Crippen molar-refractivity contribution in [1.29, 1.82) is 5.26 Å². The van der Waals surface area contributed by atoms with Crippen LogP contribution < -0.4 is 5.73 Å². The van der Waals surface area contributed by atoms with Crippen LogP contribution >= 0.6 is 0 Å². The molecule has 0 saturated heterocycles. The molecule has 1 aliphatic rings. The van der Waals surface area contributed by atoms with Gasteiger partial charge < -0.3 is 5.73 Å². The highest BCUT2D eigenvalue weighted by Gasteiger charge is 2.06. The Morgan fingerprint density at radius 2 is 1.82 bits per heavy atom. The summed E-state index contributed by atoms with van der Waals surface area (Å²) in [6, 6.07) is 2.47. The van der Waals surface area contributed by atoms with Crippen LogP contribution in [-0.4, -0.2) is 6.04 Å². The van der Waals surface area contributed by atoms with Crippen LogP contribution in [0.3, 0.4) is 0 Å². The fourth-order valence-electron chi connectivity index (χ4n) is 1.13. The molecule has 64 valence electrons. The molecule has 0 unspecified atom stereocenters. The van der Waals surface area contributed by atoms with E-state index in [1.165, 1.54) is 32.1 Å². The predicted molar refractivity (Wildman–Crippen MR) is 47.0 cm³/mol. The van der Waals surface area contributed by atoms with E-state index in [1.54, 1.807) is 0 Å².